The molecule has 2 rings (SSSR count). The normalized spacial score (nSPS) is 12.4. The SMILES string of the molecule is Cc1ccc(C(CN)Nc2ccccc2C)s1. The van der Waals surface area contributed by atoms with E-state index in [-0.39, 0.29) is 6.04 Å². The maximum atomic E-state index is 5.86. The summed E-state index contributed by atoms with van der Waals surface area (Å²) in [6.45, 7) is 4.83. The van der Waals surface area contributed by atoms with E-state index in [9.17, 15) is 0 Å². The number of hydrogen-bond acceptors (Lipinski definition) is 3. The van der Waals surface area contributed by atoms with Crippen molar-refractivity contribution in [3.05, 3.63) is 51.7 Å². The molecule has 1 atom stereocenters. The van der Waals surface area contributed by atoms with Crippen LogP contribution in [0.5, 0.6) is 0 Å². The summed E-state index contributed by atoms with van der Waals surface area (Å²) in [5.74, 6) is 0. The molecule has 0 aliphatic carbocycles. The van der Waals surface area contributed by atoms with Crippen LogP contribution in [0.4, 0.5) is 5.69 Å². The number of thiophene rings is 1. The molecule has 0 radical (unpaired) electrons. The van der Waals surface area contributed by atoms with Crippen LogP contribution in [0.2, 0.25) is 0 Å². The van der Waals surface area contributed by atoms with Crippen LogP contribution in [0.1, 0.15) is 21.4 Å². The predicted octanol–water partition coefficient (Wildman–Crippen LogP) is 3.48. The fourth-order valence-corrected chi connectivity index (χ4v) is 2.75. The minimum Gasteiger partial charge on any atom is -0.376 e. The van der Waals surface area contributed by atoms with E-state index >= 15 is 0 Å². The van der Waals surface area contributed by atoms with E-state index in [0.717, 1.165) is 5.69 Å². The standard InChI is InChI=1S/C14H18N2S/c1-10-5-3-4-6-12(10)16-13(9-15)14-8-7-11(2)17-14/h3-8,13,16H,9,15H2,1-2H3. The summed E-state index contributed by atoms with van der Waals surface area (Å²) in [6, 6.07) is 12.8. The molecule has 3 N–H and O–H groups in total. The zero-order valence-corrected chi connectivity index (χ0v) is 11.1. The smallest absolute Gasteiger partial charge is 0.0728 e. The number of nitrogens with one attached hydrogen (secondary N) is 1. The van der Waals surface area contributed by atoms with Gasteiger partial charge in [-0.25, -0.2) is 0 Å². The lowest BCUT2D eigenvalue weighted by molar-refractivity contribution is 0.804. The molecule has 3 heteroatoms. The van der Waals surface area contributed by atoms with Gasteiger partial charge in [-0.1, -0.05) is 18.2 Å². The Kier molecular flexibility index (Phi) is 3.82. The number of para-hydroxylation sites is 1. The summed E-state index contributed by atoms with van der Waals surface area (Å²) in [5, 5.41) is 3.51. The molecule has 0 amide bonds. The summed E-state index contributed by atoms with van der Waals surface area (Å²) >= 11 is 1.80. The molecule has 0 saturated heterocycles. The Hall–Kier alpha value is -1.32. The molecular weight excluding hydrogens is 228 g/mol. The van der Waals surface area contributed by atoms with Crippen LogP contribution in [-0.2, 0) is 0 Å². The van der Waals surface area contributed by atoms with Crippen molar-refractivity contribution in [1.29, 1.82) is 0 Å². The zero-order valence-electron chi connectivity index (χ0n) is 10.2. The van der Waals surface area contributed by atoms with Crippen LogP contribution in [0.15, 0.2) is 36.4 Å². The Balaban J connectivity index is 2.18. The highest BCUT2D eigenvalue weighted by molar-refractivity contribution is 7.12. The molecule has 2 aromatic rings. The number of nitrogens with two attached hydrogens (primary N) is 1. The van der Waals surface area contributed by atoms with Gasteiger partial charge in [0.15, 0.2) is 0 Å². The number of rotatable bonds is 4. The highest BCUT2D eigenvalue weighted by Crippen LogP contribution is 2.26. The van der Waals surface area contributed by atoms with Gasteiger partial charge in [-0.05, 0) is 37.6 Å². The largest absolute Gasteiger partial charge is 0.376 e. The van der Waals surface area contributed by atoms with Gasteiger partial charge in [0, 0.05) is 22.0 Å². The van der Waals surface area contributed by atoms with Gasteiger partial charge in [-0.3, -0.25) is 0 Å². The van der Waals surface area contributed by atoms with E-state index in [0.29, 0.717) is 6.54 Å². The molecule has 0 bridgehead atoms. The first-order valence-electron chi connectivity index (χ1n) is 5.79. The summed E-state index contributed by atoms with van der Waals surface area (Å²) in [4.78, 5) is 2.62. The highest BCUT2D eigenvalue weighted by Gasteiger charge is 2.12. The Morgan fingerprint density at radius 3 is 2.53 bits per heavy atom. The third kappa shape index (κ3) is 2.87. The van der Waals surface area contributed by atoms with Gasteiger partial charge < -0.3 is 11.1 Å². The zero-order chi connectivity index (χ0) is 12.3. The number of anilines is 1. The van der Waals surface area contributed by atoms with Gasteiger partial charge in [0.05, 0.1) is 6.04 Å². The summed E-state index contributed by atoms with van der Waals surface area (Å²) in [6.07, 6.45) is 0. The second-order valence-electron chi connectivity index (χ2n) is 4.20. The first-order valence-corrected chi connectivity index (χ1v) is 6.61. The minimum atomic E-state index is 0.204. The first-order chi connectivity index (χ1) is 8.20. The van der Waals surface area contributed by atoms with Crippen molar-refractivity contribution in [2.24, 2.45) is 5.73 Å². The maximum absolute atomic E-state index is 5.86. The Morgan fingerprint density at radius 2 is 1.94 bits per heavy atom. The molecule has 0 saturated carbocycles. The number of aryl methyl sites for hydroxylation is 2. The number of benzene rings is 1. The lowest BCUT2D eigenvalue weighted by Crippen LogP contribution is -2.19. The van der Waals surface area contributed by atoms with Crippen molar-refractivity contribution in [2.75, 3.05) is 11.9 Å². The van der Waals surface area contributed by atoms with Gasteiger partial charge in [0.25, 0.3) is 0 Å². The van der Waals surface area contributed by atoms with E-state index in [1.165, 1.54) is 15.3 Å². The fraction of sp³-hybridized carbons (Fsp3) is 0.286. The molecule has 17 heavy (non-hydrogen) atoms. The van der Waals surface area contributed by atoms with Gasteiger partial charge in [0.1, 0.15) is 0 Å². The van der Waals surface area contributed by atoms with Crippen LogP contribution < -0.4 is 11.1 Å². The summed E-state index contributed by atoms with van der Waals surface area (Å²) < 4.78 is 0. The van der Waals surface area contributed by atoms with Crippen molar-refractivity contribution >= 4 is 17.0 Å². The molecular formula is C14H18N2S. The van der Waals surface area contributed by atoms with Gasteiger partial charge in [-0.15, -0.1) is 11.3 Å². The molecule has 0 aliphatic rings. The van der Waals surface area contributed by atoms with Crippen LogP contribution in [0.3, 0.4) is 0 Å². The fourth-order valence-electron chi connectivity index (χ4n) is 1.81. The average molecular weight is 246 g/mol. The Labute approximate surface area is 106 Å². The lowest BCUT2D eigenvalue weighted by Gasteiger charge is -2.18. The van der Waals surface area contributed by atoms with Crippen molar-refractivity contribution < 1.29 is 0 Å². The summed E-state index contributed by atoms with van der Waals surface area (Å²) in [5.41, 5.74) is 8.27. The van der Waals surface area contributed by atoms with Gasteiger partial charge in [-0.2, -0.15) is 0 Å². The molecule has 90 valence electrons. The van der Waals surface area contributed by atoms with E-state index in [4.69, 9.17) is 5.73 Å². The number of hydrogen-bond donors (Lipinski definition) is 2. The molecule has 0 spiro atoms. The molecule has 2 nitrogen and oxygen atoms in total. The second kappa shape index (κ2) is 5.34. The minimum absolute atomic E-state index is 0.204. The monoisotopic (exact) mass is 246 g/mol. The Morgan fingerprint density at radius 1 is 1.18 bits per heavy atom. The van der Waals surface area contributed by atoms with Crippen molar-refractivity contribution in [1.82, 2.24) is 0 Å². The van der Waals surface area contributed by atoms with E-state index in [2.05, 4.69) is 43.4 Å². The van der Waals surface area contributed by atoms with Crippen molar-refractivity contribution in [3.63, 3.8) is 0 Å². The van der Waals surface area contributed by atoms with Crippen LogP contribution in [-0.4, -0.2) is 6.54 Å². The molecule has 1 unspecified atom stereocenters. The third-order valence-electron chi connectivity index (χ3n) is 2.82. The van der Waals surface area contributed by atoms with E-state index < -0.39 is 0 Å². The molecule has 1 aromatic heterocycles. The van der Waals surface area contributed by atoms with E-state index in [1.54, 1.807) is 11.3 Å². The maximum Gasteiger partial charge on any atom is 0.0728 e. The van der Waals surface area contributed by atoms with Crippen LogP contribution in [0.25, 0.3) is 0 Å². The first kappa shape index (κ1) is 12.1. The van der Waals surface area contributed by atoms with Gasteiger partial charge >= 0.3 is 0 Å². The van der Waals surface area contributed by atoms with Crippen molar-refractivity contribution in [3.8, 4) is 0 Å². The Bertz CT molecular complexity index is 490. The average Bonchev–Trinajstić information content (AvgIpc) is 2.75. The molecule has 1 heterocycles. The van der Waals surface area contributed by atoms with Crippen LogP contribution >= 0.6 is 11.3 Å². The molecule has 0 aliphatic heterocycles. The third-order valence-corrected chi connectivity index (χ3v) is 3.93. The predicted molar refractivity (Wildman–Crippen MR) is 75.7 cm³/mol. The molecule has 0 fully saturated rings. The second-order valence-corrected chi connectivity index (χ2v) is 5.52. The lowest BCUT2D eigenvalue weighted by atomic mass is 10.1. The van der Waals surface area contributed by atoms with E-state index in [1.807, 2.05) is 12.1 Å². The van der Waals surface area contributed by atoms with Crippen LogP contribution in [0, 0.1) is 13.8 Å². The topological polar surface area (TPSA) is 38.0 Å². The van der Waals surface area contributed by atoms with Crippen molar-refractivity contribution in [2.45, 2.75) is 19.9 Å². The molecule has 1 aromatic carbocycles. The summed E-state index contributed by atoms with van der Waals surface area (Å²) in [7, 11) is 0. The quantitative estimate of drug-likeness (QED) is 0.866. The van der Waals surface area contributed by atoms with Gasteiger partial charge in [0.2, 0.25) is 0 Å². The highest BCUT2D eigenvalue weighted by atomic mass is 32.1.